The lowest BCUT2D eigenvalue weighted by Crippen LogP contribution is -2.47. The summed E-state index contributed by atoms with van der Waals surface area (Å²) in [5, 5.41) is 6.18. The second-order valence-electron chi connectivity index (χ2n) is 7.65. The summed E-state index contributed by atoms with van der Waals surface area (Å²) in [4.78, 5) is 14.8. The van der Waals surface area contributed by atoms with Gasteiger partial charge in [-0.3, -0.25) is 4.79 Å². The number of hydrogen-bond donors (Lipinski definition) is 2. The maximum atomic E-state index is 13.3. The number of fused-ring (bicyclic) bond motifs is 1. The van der Waals surface area contributed by atoms with Gasteiger partial charge in [-0.05, 0) is 43.4 Å². The molecule has 1 aromatic carbocycles. The molecule has 2 heterocycles. The largest absolute Gasteiger partial charge is 0.371 e. The van der Waals surface area contributed by atoms with Crippen molar-refractivity contribution in [1.29, 1.82) is 0 Å². The van der Waals surface area contributed by atoms with Gasteiger partial charge in [0.2, 0.25) is 5.91 Å². The Morgan fingerprint density at radius 1 is 1.33 bits per heavy atom. The molecular weight excluding hydrogens is 305 g/mol. The molecule has 0 bridgehead atoms. The van der Waals surface area contributed by atoms with E-state index in [4.69, 9.17) is 0 Å². The number of rotatable bonds is 3. The Bertz CT molecular complexity index is 622. The summed E-state index contributed by atoms with van der Waals surface area (Å²) in [6.45, 7) is 4.50. The fourth-order valence-corrected chi connectivity index (χ4v) is 4.66. The van der Waals surface area contributed by atoms with E-state index < -0.39 is 6.17 Å². The normalized spacial score (nSPS) is 35.2. The molecule has 0 spiro atoms. The minimum atomic E-state index is -0.889. The average Bonchev–Trinajstić information content (AvgIpc) is 3.24. The Balaban J connectivity index is 1.38. The van der Waals surface area contributed by atoms with E-state index in [2.05, 4.69) is 46.7 Å². The summed E-state index contributed by atoms with van der Waals surface area (Å²) in [6.07, 6.45) is 1.64. The lowest BCUT2D eigenvalue weighted by Gasteiger charge is -2.24. The fourth-order valence-electron chi connectivity index (χ4n) is 4.66. The Morgan fingerprint density at radius 3 is 2.96 bits per heavy atom. The molecule has 2 N–H and O–H groups in total. The van der Waals surface area contributed by atoms with Gasteiger partial charge >= 0.3 is 0 Å². The maximum absolute atomic E-state index is 13.3. The smallest absolute Gasteiger partial charge is 0.237 e. The summed E-state index contributed by atoms with van der Waals surface area (Å²) in [7, 11) is 0. The SMILES string of the molecule is Cc1cccc(N2C[C@H]3CC[C@H](NC(=O)[C@@H]4C[C@@H](F)CN4)[C@H]3C2)c1. The molecule has 1 aliphatic carbocycles. The van der Waals surface area contributed by atoms with Gasteiger partial charge in [-0.25, -0.2) is 4.39 Å². The number of carbonyl (C=O) groups excluding carboxylic acids is 1. The molecule has 1 aromatic rings. The van der Waals surface area contributed by atoms with E-state index in [0.29, 0.717) is 24.8 Å². The summed E-state index contributed by atoms with van der Waals surface area (Å²) in [5.74, 6) is 1.15. The Labute approximate surface area is 142 Å². The Hall–Kier alpha value is -1.62. The van der Waals surface area contributed by atoms with Gasteiger partial charge in [0.25, 0.3) is 0 Å². The van der Waals surface area contributed by atoms with Gasteiger partial charge < -0.3 is 15.5 Å². The van der Waals surface area contributed by atoms with Crippen molar-refractivity contribution >= 4 is 11.6 Å². The lowest BCUT2D eigenvalue weighted by atomic mass is 9.97. The van der Waals surface area contributed by atoms with Gasteiger partial charge in [0.05, 0.1) is 6.04 Å². The van der Waals surface area contributed by atoms with E-state index in [-0.39, 0.29) is 18.0 Å². The van der Waals surface area contributed by atoms with Crippen LogP contribution < -0.4 is 15.5 Å². The zero-order chi connectivity index (χ0) is 16.7. The third-order valence-corrected chi connectivity index (χ3v) is 5.95. The van der Waals surface area contributed by atoms with Gasteiger partial charge in [-0.15, -0.1) is 0 Å². The van der Waals surface area contributed by atoms with Crippen LogP contribution in [0.5, 0.6) is 0 Å². The maximum Gasteiger partial charge on any atom is 0.237 e. The molecule has 5 atom stereocenters. The topological polar surface area (TPSA) is 44.4 Å². The first-order valence-electron chi connectivity index (χ1n) is 9.09. The van der Waals surface area contributed by atoms with Crippen molar-refractivity contribution in [1.82, 2.24) is 10.6 Å². The van der Waals surface area contributed by atoms with Crippen molar-refractivity contribution in [2.75, 3.05) is 24.5 Å². The first kappa shape index (κ1) is 15.9. The quantitative estimate of drug-likeness (QED) is 0.891. The zero-order valence-corrected chi connectivity index (χ0v) is 14.2. The van der Waals surface area contributed by atoms with E-state index >= 15 is 0 Å². The number of hydrogen-bond acceptors (Lipinski definition) is 3. The highest BCUT2D eigenvalue weighted by molar-refractivity contribution is 5.82. The van der Waals surface area contributed by atoms with Gasteiger partial charge in [0.1, 0.15) is 6.17 Å². The predicted molar refractivity (Wildman–Crippen MR) is 92.8 cm³/mol. The second-order valence-corrected chi connectivity index (χ2v) is 7.65. The minimum absolute atomic E-state index is 0.0187. The number of carbonyl (C=O) groups is 1. The van der Waals surface area contributed by atoms with Gasteiger partial charge in [0.15, 0.2) is 0 Å². The number of halogens is 1. The second kappa shape index (κ2) is 6.36. The molecule has 130 valence electrons. The molecule has 5 heteroatoms. The monoisotopic (exact) mass is 331 g/mol. The number of anilines is 1. The summed E-state index contributed by atoms with van der Waals surface area (Å²) in [6, 6.07) is 8.52. The third-order valence-electron chi connectivity index (χ3n) is 5.95. The number of alkyl halides is 1. The first-order valence-corrected chi connectivity index (χ1v) is 9.09. The molecule has 4 nitrogen and oxygen atoms in total. The molecule has 24 heavy (non-hydrogen) atoms. The predicted octanol–water partition coefficient (Wildman–Crippen LogP) is 2.03. The van der Waals surface area contributed by atoms with Crippen molar-refractivity contribution in [3.63, 3.8) is 0 Å². The van der Waals surface area contributed by atoms with Crippen LogP contribution in [0, 0.1) is 18.8 Å². The van der Waals surface area contributed by atoms with Gasteiger partial charge in [0, 0.05) is 43.7 Å². The van der Waals surface area contributed by atoms with Crippen molar-refractivity contribution in [2.24, 2.45) is 11.8 Å². The first-order chi connectivity index (χ1) is 11.6. The van der Waals surface area contributed by atoms with Crippen LogP contribution in [-0.2, 0) is 4.79 Å². The van der Waals surface area contributed by atoms with Crippen LogP contribution in [0.3, 0.4) is 0 Å². The highest BCUT2D eigenvalue weighted by Crippen LogP contribution is 2.40. The van der Waals surface area contributed by atoms with E-state index in [1.54, 1.807) is 0 Å². The van der Waals surface area contributed by atoms with Gasteiger partial charge in [-0.1, -0.05) is 12.1 Å². The van der Waals surface area contributed by atoms with Crippen LogP contribution >= 0.6 is 0 Å². The molecule has 0 unspecified atom stereocenters. The van der Waals surface area contributed by atoms with E-state index in [1.165, 1.54) is 17.7 Å². The average molecular weight is 331 g/mol. The lowest BCUT2D eigenvalue weighted by molar-refractivity contribution is -0.123. The molecule has 1 saturated carbocycles. The van der Waals surface area contributed by atoms with Crippen LogP contribution in [0.1, 0.15) is 24.8 Å². The van der Waals surface area contributed by atoms with Crippen molar-refractivity contribution in [3.05, 3.63) is 29.8 Å². The number of aryl methyl sites for hydroxylation is 1. The highest BCUT2D eigenvalue weighted by atomic mass is 19.1. The van der Waals surface area contributed by atoms with Crippen molar-refractivity contribution < 1.29 is 9.18 Å². The number of nitrogens with one attached hydrogen (secondary N) is 2. The van der Waals surface area contributed by atoms with Crippen LogP contribution in [0.15, 0.2) is 24.3 Å². The zero-order valence-electron chi connectivity index (χ0n) is 14.2. The fraction of sp³-hybridized carbons (Fsp3) is 0.632. The molecule has 3 aliphatic rings. The van der Waals surface area contributed by atoms with Crippen LogP contribution in [0.4, 0.5) is 10.1 Å². The molecular formula is C19H26FN3O. The molecule has 0 radical (unpaired) electrons. The number of amides is 1. The third kappa shape index (κ3) is 3.02. The summed E-state index contributed by atoms with van der Waals surface area (Å²) in [5.41, 5.74) is 2.56. The molecule has 3 fully saturated rings. The van der Waals surface area contributed by atoms with Crippen LogP contribution in [0.25, 0.3) is 0 Å². The van der Waals surface area contributed by atoms with Crippen LogP contribution in [-0.4, -0.2) is 43.8 Å². The minimum Gasteiger partial charge on any atom is -0.371 e. The molecule has 4 rings (SSSR count). The van der Waals surface area contributed by atoms with Crippen LogP contribution in [0.2, 0.25) is 0 Å². The molecule has 0 aromatic heterocycles. The number of nitrogens with zero attached hydrogens (tertiary/aromatic N) is 1. The molecule has 2 aliphatic heterocycles. The highest BCUT2D eigenvalue weighted by Gasteiger charge is 2.44. The van der Waals surface area contributed by atoms with Crippen molar-refractivity contribution in [3.8, 4) is 0 Å². The van der Waals surface area contributed by atoms with E-state index in [1.807, 2.05) is 0 Å². The standard InChI is InChI=1S/C19H26FN3O/c1-12-3-2-4-15(7-12)23-10-13-5-6-17(16(13)11-23)22-19(24)18-8-14(20)9-21-18/h2-4,7,13-14,16-18,21H,5-6,8-11H2,1H3,(H,22,24)/t13-,14-,16+,17+,18+/m1/s1. The molecule has 1 amide bonds. The van der Waals surface area contributed by atoms with E-state index in [0.717, 1.165) is 19.5 Å². The Morgan fingerprint density at radius 2 is 2.21 bits per heavy atom. The van der Waals surface area contributed by atoms with E-state index in [9.17, 15) is 9.18 Å². The number of benzene rings is 1. The molecule has 2 saturated heterocycles. The van der Waals surface area contributed by atoms with Crippen molar-refractivity contribution in [2.45, 2.75) is 44.4 Å². The Kier molecular flexibility index (Phi) is 4.21. The summed E-state index contributed by atoms with van der Waals surface area (Å²) < 4.78 is 13.3. The van der Waals surface area contributed by atoms with Gasteiger partial charge in [-0.2, -0.15) is 0 Å². The summed E-state index contributed by atoms with van der Waals surface area (Å²) >= 11 is 0.